The van der Waals surface area contributed by atoms with E-state index in [0.717, 1.165) is 11.3 Å². The second kappa shape index (κ2) is 8.23. The van der Waals surface area contributed by atoms with Crippen LogP contribution in [0.5, 0.6) is 11.5 Å². The first-order valence-corrected chi connectivity index (χ1v) is 8.51. The molecule has 3 aromatic rings. The number of carbonyl (C=O) groups excluding carboxylic acids is 2. The fraction of sp³-hybridized carbons (Fsp3) is 0.143. The Kier molecular flexibility index (Phi) is 5.56. The zero-order chi connectivity index (χ0) is 19.2. The minimum absolute atomic E-state index is 0.159. The molecule has 0 aliphatic rings. The molecular weight excluding hydrogens is 344 g/mol. The van der Waals surface area contributed by atoms with E-state index in [4.69, 9.17) is 9.15 Å². The second-order valence-electron chi connectivity index (χ2n) is 6.10. The van der Waals surface area contributed by atoms with E-state index in [9.17, 15) is 9.59 Å². The van der Waals surface area contributed by atoms with Gasteiger partial charge < -0.3 is 19.8 Å². The molecular formula is C21H20N2O4. The summed E-state index contributed by atoms with van der Waals surface area (Å²) in [6.45, 7) is 3.62. The van der Waals surface area contributed by atoms with Crippen molar-refractivity contribution in [3.63, 3.8) is 0 Å². The summed E-state index contributed by atoms with van der Waals surface area (Å²) < 4.78 is 10.8. The molecule has 1 unspecified atom stereocenters. The first-order valence-electron chi connectivity index (χ1n) is 8.51. The SMILES string of the molecule is Cc1ccc(Oc2ccc(NC(=O)C(C)NC(=O)c3ccco3)cc2)cc1. The smallest absolute Gasteiger partial charge is 0.287 e. The van der Waals surface area contributed by atoms with Crippen molar-refractivity contribution >= 4 is 17.5 Å². The average Bonchev–Trinajstić information content (AvgIpc) is 3.20. The van der Waals surface area contributed by atoms with Gasteiger partial charge in [0.15, 0.2) is 5.76 Å². The Morgan fingerprint density at radius 1 is 0.963 bits per heavy atom. The van der Waals surface area contributed by atoms with Crippen LogP contribution in [0.1, 0.15) is 23.0 Å². The Hall–Kier alpha value is -3.54. The molecule has 3 rings (SSSR count). The standard InChI is InChI=1S/C21H20N2O4/c1-14-5-9-17(10-6-14)27-18-11-7-16(8-12-18)23-20(24)15(2)22-21(25)19-4-3-13-26-19/h3-13,15H,1-2H3,(H,22,25)(H,23,24). The third-order valence-corrected chi connectivity index (χ3v) is 3.86. The van der Waals surface area contributed by atoms with Crippen molar-refractivity contribution in [2.45, 2.75) is 19.9 Å². The number of aryl methyl sites for hydroxylation is 1. The molecule has 1 heterocycles. The Bertz CT molecular complexity index is 900. The summed E-state index contributed by atoms with van der Waals surface area (Å²) in [6, 6.07) is 17.2. The summed E-state index contributed by atoms with van der Waals surface area (Å²) in [5, 5.41) is 5.33. The fourth-order valence-corrected chi connectivity index (χ4v) is 2.34. The van der Waals surface area contributed by atoms with Gasteiger partial charge in [-0.1, -0.05) is 17.7 Å². The number of hydrogen-bond acceptors (Lipinski definition) is 4. The van der Waals surface area contributed by atoms with Crippen molar-refractivity contribution in [3.8, 4) is 11.5 Å². The molecule has 2 aromatic carbocycles. The highest BCUT2D eigenvalue weighted by Crippen LogP contribution is 2.23. The van der Waals surface area contributed by atoms with Gasteiger partial charge >= 0.3 is 0 Å². The predicted molar refractivity (Wildman–Crippen MR) is 102 cm³/mol. The van der Waals surface area contributed by atoms with E-state index >= 15 is 0 Å². The van der Waals surface area contributed by atoms with Crippen LogP contribution in [-0.4, -0.2) is 17.9 Å². The highest BCUT2D eigenvalue weighted by atomic mass is 16.5. The maximum atomic E-state index is 12.2. The van der Waals surface area contributed by atoms with Crippen LogP contribution in [0.3, 0.4) is 0 Å². The van der Waals surface area contributed by atoms with Gasteiger partial charge in [-0.2, -0.15) is 0 Å². The van der Waals surface area contributed by atoms with Crippen molar-refractivity contribution in [2.24, 2.45) is 0 Å². The lowest BCUT2D eigenvalue weighted by Crippen LogP contribution is -2.41. The first-order chi connectivity index (χ1) is 13.0. The molecule has 1 atom stereocenters. The zero-order valence-electron chi connectivity index (χ0n) is 15.1. The molecule has 138 valence electrons. The van der Waals surface area contributed by atoms with Crippen molar-refractivity contribution in [2.75, 3.05) is 5.32 Å². The summed E-state index contributed by atoms with van der Waals surface area (Å²) in [6.07, 6.45) is 1.40. The van der Waals surface area contributed by atoms with Crippen LogP contribution < -0.4 is 15.4 Å². The number of ether oxygens (including phenoxy) is 1. The van der Waals surface area contributed by atoms with Crippen molar-refractivity contribution in [3.05, 3.63) is 78.3 Å². The highest BCUT2D eigenvalue weighted by molar-refractivity contribution is 5.99. The molecule has 2 amide bonds. The number of rotatable bonds is 6. The van der Waals surface area contributed by atoms with Crippen LogP contribution in [0.15, 0.2) is 71.3 Å². The maximum Gasteiger partial charge on any atom is 0.287 e. The van der Waals surface area contributed by atoms with E-state index in [1.165, 1.54) is 12.3 Å². The lowest BCUT2D eigenvalue weighted by molar-refractivity contribution is -0.117. The molecule has 2 N–H and O–H groups in total. The second-order valence-corrected chi connectivity index (χ2v) is 6.10. The lowest BCUT2D eigenvalue weighted by Gasteiger charge is -2.13. The third kappa shape index (κ3) is 4.98. The first kappa shape index (κ1) is 18.3. The normalized spacial score (nSPS) is 11.5. The van der Waals surface area contributed by atoms with Crippen LogP contribution in [0.2, 0.25) is 0 Å². The van der Waals surface area contributed by atoms with Crippen molar-refractivity contribution in [1.82, 2.24) is 5.32 Å². The van der Waals surface area contributed by atoms with E-state index < -0.39 is 11.9 Å². The van der Waals surface area contributed by atoms with Crippen LogP contribution in [0.4, 0.5) is 5.69 Å². The molecule has 0 spiro atoms. The molecule has 0 bridgehead atoms. The third-order valence-electron chi connectivity index (χ3n) is 3.86. The zero-order valence-corrected chi connectivity index (χ0v) is 15.1. The molecule has 0 saturated heterocycles. The van der Waals surface area contributed by atoms with Gasteiger partial charge in [0.25, 0.3) is 5.91 Å². The maximum absolute atomic E-state index is 12.2. The van der Waals surface area contributed by atoms with Crippen LogP contribution in [0.25, 0.3) is 0 Å². The van der Waals surface area contributed by atoms with E-state index in [1.807, 2.05) is 31.2 Å². The van der Waals surface area contributed by atoms with Gasteiger partial charge in [-0.05, 0) is 62.4 Å². The average molecular weight is 364 g/mol. The largest absolute Gasteiger partial charge is 0.459 e. The number of amides is 2. The van der Waals surface area contributed by atoms with E-state index in [1.54, 1.807) is 37.3 Å². The van der Waals surface area contributed by atoms with Crippen molar-refractivity contribution in [1.29, 1.82) is 0 Å². The predicted octanol–water partition coefficient (Wildman–Crippen LogP) is 4.14. The summed E-state index contributed by atoms with van der Waals surface area (Å²) in [4.78, 5) is 24.1. The summed E-state index contributed by atoms with van der Waals surface area (Å²) in [5.74, 6) is 0.793. The number of hydrogen-bond donors (Lipinski definition) is 2. The van der Waals surface area contributed by atoms with Gasteiger partial charge in [0.2, 0.25) is 5.91 Å². The van der Waals surface area contributed by atoms with Gasteiger partial charge in [-0.3, -0.25) is 9.59 Å². The molecule has 0 fully saturated rings. The summed E-state index contributed by atoms with van der Waals surface area (Å²) >= 11 is 0. The van der Waals surface area contributed by atoms with Crippen LogP contribution in [-0.2, 0) is 4.79 Å². The topological polar surface area (TPSA) is 80.6 Å². The Labute approximate surface area is 157 Å². The van der Waals surface area contributed by atoms with Gasteiger partial charge in [0, 0.05) is 5.69 Å². The van der Waals surface area contributed by atoms with Gasteiger partial charge in [-0.25, -0.2) is 0 Å². The number of furan rings is 1. The minimum atomic E-state index is -0.717. The van der Waals surface area contributed by atoms with E-state index in [0.29, 0.717) is 11.4 Å². The Balaban J connectivity index is 1.54. The Morgan fingerprint density at radius 2 is 1.59 bits per heavy atom. The van der Waals surface area contributed by atoms with Crippen LogP contribution in [0, 0.1) is 6.92 Å². The van der Waals surface area contributed by atoms with Crippen molar-refractivity contribution < 1.29 is 18.7 Å². The molecule has 0 radical (unpaired) electrons. The molecule has 0 aliphatic heterocycles. The van der Waals surface area contributed by atoms with E-state index in [-0.39, 0.29) is 11.7 Å². The number of anilines is 1. The number of benzene rings is 2. The molecule has 6 heteroatoms. The summed E-state index contributed by atoms with van der Waals surface area (Å²) in [7, 11) is 0. The monoisotopic (exact) mass is 364 g/mol. The highest BCUT2D eigenvalue weighted by Gasteiger charge is 2.18. The number of nitrogens with one attached hydrogen (secondary N) is 2. The lowest BCUT2D eigenvalue weighted by atomic mass is 10.2. The molecule has 0 aliphatic carbocycles. The van der Waals surface area contributed by atoms with Gasteiger partial charge in [-0.15, -0.1) is 0 Å². The fourth-order valence-electron chi connectivity index (χ4n) is 2.34. The van der Waals surface area contributed by atoms with Crippen LogP contribution >= 0.6 is 0 Å². The molecule has 1 aromatic heterocycles. The number of carbonyl (C=O) groups is 2. The minimum Gasteiger partial charge on any atom is -0.459 e. The van der Waals surface area contributed by atoms with Gasteiger partial charge in [0.05, 0.1) is 6.26 Å². The summed E-state index contributed by atoms with van der Waals surface area (Å²) in [5.41, 5.74) is 1.77. The molecule has 27 heavy (non-hydrogen) atoms. The quantitative estimate of drug-likeness (QED) is 0.689. The molecule has 0 saturated carbocycles. The van der Waals surface area contributed by atoms with Gasteiger partial charge in [0.1, 0.15) is 17.5 Å². The van der Waals surface area contributed by atoms with E-state index in [2.05, 4.69) is 10.6 Å². The Morgan fingerprint density at radius 3 is 2.19 bits per heavy atom. The molecule has 6 nitrogen and oxygen atoms in total.